The Hall–Kier alpha value is -1.81. The highest BCUT2D eigenvalue weighted by Gasteiger charge is 2.07. The van der Waals surface area contributed by atoms with Crippen LogP contribution in [-0.4, -0.2) is 49.7 Å². The SMILES string of the molecule is CCN(CCCN(C)C)c1ccccc1/C=C/C(=O)O. The molecule has 4 nitrogen and oxygen atoms in total. The molecule has 20 heavy (non-hydrogen) atoms. The molecule has 0 aliphatic heterocycles. The molecule has 0 radical (unpaired) electrons. The summed E-state index contributed by atoms with van der Waals surface area (Å²) in [5.41, 5.74) is 2.04. The van der Waals surface area contributed by atoms with Gasteiger partial charge in [0.1, 0.15) is 0 Å². The molecule has 0 amide bonds. The van der Waals surface area contributed by atoms with Crippen LogP contribution in [0.3, 0.4) is 0 Å². The Labute approximate surface area is 121 Å². The van der Waals surface area contributed by atoms with E-state index in [1.165, 1.54) is 6.08 Å². The number of hydrogen-bond donors (Lipinski definition) is 1. The van der Waals surface area contributed by atoms with Gasteiger partial charge in [0.2, 0.25) is 0 Å². The van der Waals surface area contributed by atoms with E-state index >= 15 is 0 Å². The van der Waals surface area contributed by atoms with E-state index in [1.807, 2.05) is 24.3 Å². The van der Waals surface area contributed by atoms with Gasteiger partial charge in [-0.05, 0) is 51.7 Å². The minimum absolute atomic E-state index is 0.908. The number of rotatable bonds is 8. The van der Waals surface area contributed by atoms with Gasteiger partial charge in [-0.1, -0.05) is 18.2 Å². The molecule has 0 aliphatic rings. The van der Waals surface area contributed by atoms with Crippen molar-refractivity contribution in [3.8, 4) is 0 Å². The number of hydrogen-bond acceptors (Lipinski definition) is 3. The standard InChI is InChI=1S/C16H24N2O2/c1-4-18(13-7-12-17(2)3)15-9-6-5-8-14(15)10-11-16(19)20/h5-6,8-11H,4,7,12-13H2,1-3H3,(H,19,20)/b11-10+. The Kier molecular flexibility index (Phi) is 6.81. The van der Waals surface area contributed by atoms with Crippen LogP contribution in [0.25, 0.3) is 6.08 Å². The number of nitrogens with zero attached hydrogens (tertiary/aromatic N) is 2. The van der Waals surface area contributed by atoms with Gasteiger partial charge in [0.05, 0.1) is 0 Å². The first kappa shape index (κ1) is 16.2. The van der Waals surface area contributed by atoms with Gasteiger partial charge in [-0.3, -0.25) is 0 Å². The van der Waals surface area contributed by atoms with Crippen molar-refractivity contribution in [2.45, 2.75) is 13.3 Å². The molecule has 0 spiro atoms. The fourth-order valence-electron chi connectivity index (χ4n) is 2.10. The maximum absolute atomic E-state index is 10.7. The molecule has 0 aliphatic carbocycles. The van der Waals surface area contributed by atoms with E-state index < -0.39 is 5.97 Å². The van der Waals surface area contributed by atoms with Crippen molar-refractivity contribution in [1.29, 1.82) is 0 Å². The molecule has 0 saturated carbocycles. The molecule has 1 rings (SSSR count). The Bertz CT molecular complexity index is 456. The van der Waals surface area contributed by atoms with E-state index in [9.17, 15) is 4.79 Å². The van der Waals surface area contributed by atoms with Crippen molar-refractivity contribution >= 4 is 17.7 Å². The van der Waals surface area contributed by atoms with E-state index in [0.29, 0.717) is 0 Å². The predicted molar refractivity (Wildman–Crippen MR) is 84.2 cm³/mol. The van der Waals surface area contributed by atoms with E-state index in [2.05, 4.69) is 30.8 Å². The Balaban J connectivity index is 2.83. The Morgan fingerprint density at radius 1 is 1.25 bits per heavy atom. The number of anilines is 1. The number of carbonyl (C=O) groups is 1. The first-order valence-electron chi connectivity index (χ1n) is 6.94. The van der Waals surface area contributed by atoms with Crippen molar-refractivity contribution in [3.63, 3.8) is 0 Å². The van der Waals surface area contributed by atoms with Gasteiger partial charge in [0.15, 0.2) is 0 Å². The predicted octanol–water partition coefficient (Wildman–Crippen LogP) is 2.56. The fraction of sp³-hybridized carbons (Fsp3) is 0.438. The Morgan fingerprint density at radius 2 is 1.95 bits per heavy atom. The third-order valence-corrected chi connectivity index (χ3v) is 3.10. The maximum atomic E-state index is 10.7. The molecular weight excluding hydrogens is 252 g/mol. The first-order chi connectivity index (χ1) is 9.54. The van der Waals surface area contributed by atoms with Crippen LogP contribution < -0.4 is 4.90 Å². The second-order valence-electron chi connectivity index (χ2n) is 4.97. The maximum Gasteiger partial charge on any atom is 0.328 e. The zero-order valence-electron chi connectivity index (χ0n) is 12.5. The summed E-state index contributed by atoms with van der Waals surface area (Å²) in [6.07, 6.45) is 3.93. The second-order valence-corrected chi connectivity index (χ2v) is 4.97. The highest BCUT2D eigenvalue weighted by molar-refractivity contribution is 5.87. The minimum Gasteiger partial charge on any atom is -0.478 e. The number of para-hydroxylation sites is 1. The Morgan fingerprint density at radius 3 is 2.55 bits per heavy atom. The van der Waals surface area contributed by atoms with Gasteiger partial charge in [0.25, 0.3) is 0 Å². The van der Waals surface area contributed by atoms with Gasteiger partial charge < -0.3 is 14.9 Å². The van der Waals surface area contributed by atoms with Crippen LogP contribution in [0.5, 0.6) is 0 Å². The van der Waals surface area contributed by atoms with Crippen molar-refractivity contribution < 1.29 is 9.90 Å². The third-order valence-electron chi connectivity index (χ3n) is 3.10. The molecule has 0 aromatic heterocycles. The van der Waals surface area contributed by atoms with E-state index in [0.717, 1.165) is 37.3 Å². The lowest BCUT2D eigenvalue weighted by Gasteiger charge is -2.25. The molecular formula is C16H24N2O2. The van der Waals surface area contributed by atoms with Crippen molar-refractivity contribution in [3.05, 3.63) is 35.9 Å². The van der Waals surface area contributed by atoms with Gasteiger partial charge in [-0.2, -0.15) is 0 Å². The third kappa shape index (κ3) is 5.45. The summed E-state index contributed by atoms with van der Waals surface area (Å²) in [6, 6.07) is 7.91. The van der Waals surface area contributed by atoms with Crippen LogP contribution in [0.4, 0.5) is 5.69 Å². The molecule has 0 heterocycles. The van der Waals surface area contributed by atoms with E-state index in [4.69, 9.17) is 5.11 Å². The van der Waals surface area contributed by atoms with Crippen molar-refractivity contribution in [2.75, 3.05) is 38.6 Å². The van der Waals surface area contributed by atoms with Crippen LogP contribution in [0.1, 0.15) is 18.9 Å². The number of carboxylic acids is 1. The molecule has 0 saturated heterocycles. The number of carboxylic acid groups (broad SMARTS) is 1. The van der Waals surface area contributed by atoms with Crippen LogP contribution >= 0.6 is 0 Å². The zero-order valence-corrected chi connectivity index (χ0v) is 12.5. The molecule has 0 bridgehead atoms. The first-order valence-corrected chi connectivity index (χ1v) is 6.94. The van der Waals surface area contributed by atoms with E-state index in [-0.39, 0.29) is 0 Å². The lowest BCUT2D eigenvalue weighted by Crippen LogP contribution is -2.27. The van der Waals surface area contributed by atoms with Crippen molar-refractivity contribution in [1.82, 2.24) is 4.90 Å². The molecule has 0 fully saturated rings. The van der Waals surface area contributed by atoms with Crippen LogP contribution in [-0.2, 0) is 4.79 Å². The monoisotopic (exact) mass is 276 g/mol. The van der Waals surface area contributed by atoms with Crippen LogP contribution in [0, 0.1) is 0 Å². The van der Waals surface area contributed by atoms with Gasteiger partial charge in [0, 0.05) is 24.9 Å². The molecule has 1 aromatic rings. The summed E-state index contributed by atoms with van der Waals surface area (Å²) in [6.45, 7) is 5.04. The number of aliphatic carboxylic acids is 1. The summed E-state index contributed by atoms with van der Waals surface area (Å²) in [5.74, 6) is -0.921. The summed E-state index contributed by atoms with van der Waals surface area (Å²) >= 11 is 0. The molecule has 110 valence electrons. The fourth-order valence-corrected chi connectivity index (χ4v) is 2.10. The molecule has 1 N–H and O–H groups in total. The van der Waals surface area contributed by atoms with Gasteiger partial charge in [-0.25, -0.2) is 4.79 Å². The van der Waals surface area contributed by atoms with Gasteiger partial charge >= 0.3 is 5.97 Å². The average molecular weight is 276 g/mol. The zero-order chi connectivity index (χ0) is 15.0. The highest BCUT2D eigenvalue weighted by Crippen LogP contribution is 2.21. The summed E-state index contributed by atoms with van der Waals surface area (Å²) < 4.78 is 0. The molecule has 1 aromatic carbocycles. The largest absolute Gasteiger partial charge is 0.478 e. The van der Waals surface area contributed by atoms with Crippen LogP contribution in [0.15, 0.2) is 30.3 Å². The number of benzene rings is 1. The minimum atomic E-state index is -0.921. The molecule has 4 heteroatoms. The van der Waals surface area contributed by atoms with Gasteiger partial charge in [-0.15, -0.1) is 0 Å². The summed E-state index contributed by atoms with van der Waals surface area (Å²) in [4.78, 5) is 15.1. The average Bonchev–Trinajstić information content (AvgIpc) is 2.41. The smallest absolute Gasteiger partial charge is 0.328 e. The molecule has 0 atom stereocenters. The quantitative estimate of drug-likeness (QED) is 0.741. The summed E-state index contributed by atoms with van der Waals surface area (Å²) in [7, 11) is 4.14. The normalized spacial score (nSPS) is 11.2. The highest BCUT2D eigenvalue weighted by atomic mass is 16.4. The lowest BCUT2D eigenvalue weighted by molar-refractivity contribution is -0.131. The van der Waals surface area contributed by atoms with Crippen molar-refractivity contribution in [2.24, 2.45) is 0 Å². The lowest BCUT2D eigenvalue weighted by atomic mass is 10.1. The van der Waals surface area contributed by atoms with E-state index in [1.54, 1.807) is 6.08 Å². The summed E-state index contributed by atoms with van der Waals surface area (Å²) in [5, 5.41) is 8.76. The van der Waals surface area contributed by atoms with Crippen LogP contribution in [0.2, 0.25) is 0 Å². The second kappa shape index (κ2) is 8.38. The molecule has 0 unspecified atom stereocenters. The topological polar surface area (TPSA) is 43.8 Å².